The van der Waals surface area contributed by atoms with Gasteiger partial charge in [0.05, 0.1) is 0 Å². The molecular formula is C12H20F6S. The van der Waals surface area contributed by atoms with Gasteiger partial charge in [0.15, 0.2) is 5.25 Å². The standard InChI is InChI=1S/C12H20F6S/c1-2-3-4-5-6-7-8-9-19-10(11(13,14)15)12(16,17)18/h10H,2-9H2,1H3. The van der Waals surface area contributed by atoms with Crippen molar-refractivity contribution in [1.82, 2.24) is 0 Å². The molecule has 19 heavy (non-hydrogen) atoms. The van der Waals surface area contributed by atoms with Gasteiger partial charge in [-0.15, -0.1) is 11.8 Å². The number of hydrogen-bond donors (Lipinski definition) is 0. The van der Waals surface area contributed by atoms with Crippen molar-refractivity contribution < 1.29 is 26.3 Å². The molecule has 0 aromatic rings. The molecule has 0 bridgehead atoms. The van der Waals surface area contributed by atoms with E-state index in [-0.39, 0.29) is 17.5 Å². The molecule has 0 aliphatic carbocycles. The lowest BCUT2D eigenvalue weighted by molar-refractivity contribution is -0.223. The fourth-order valence-corrected chi connectivity index (χ4v) is 2.62. The van der Waals surface area contributed by atoms with Crippen LogP contribution in [0.3, 0.4) is 0 Å². The van der Waals surface area contributed by atoms with E-state index in [1.54, 1.807) is 0 Å². The van der Waals surface area contributed by atoms with E-state index >= 15 is 0 Å². The molecule has 0 aromatic carbocycles. The SMILES string of the molecule is CCCCCCCCCSC(C(F)(F)F)C(F)(F)F. The minimum Gasteiger partial charge on any atom is -0.169 e. The number of rotatable bonds is 9. The largest absolute Gasteiger partial charge is 0.409 e. The minimum absolute atomic E-state index is 0.0463. The smallest absolute Gasteiger partial charge is 0.169 e. The van der Waals surface area contributed by atoms with Crippen LogP contribution in [-0.4, -0.2) is 23.4 Å². The lowest BCUT2D eigenvalue weighted by atomic mass is 10.1. The fourth-order valence-electron chi connectivity index (χ4n) is 1.63. The van der Waals surface area contributed by atoms with Crippen LogP contribution < -0.4 is 0 Å². The summed E-state index contributed by atoms with van der Waals surface area (Å²) in [4.78, 5) is 0. The Balaban J connectivity index is 3.78. The van der Waals surface area contributed by atoms with Crippen molar-refractivity contribution in [3.05, 3.63) is 0 Å². The molecule has 0 nitrogen and oxygen atoms in total. The molecule has 0 heterocycles. The van der Waals surface area contributed by atoms with Crippen LogP contribution in [-0.2, 0) is 0 Å². The molecule has 0 radical (unpaired) electrons. The first-order valence-electron chi connectivity index (χ1n) is 6.44. The van der Waals surface area contributed by atoms with E-state index in [0.717, 1.165) is 32.1 Å². The number of alkyl halides is 6. The summed E-state index contributed by atoms with van der Waals surface area (Å²) in [5, 5.41) is -3.25. The summed E-state index contributed by atoms with van der Waals surface area (Å²) < 4.78 is 73.1. The maximum atomic E-state index is 12.2. The number of hydrogen-bond acceptors (Lipinski definition) is 1. The average Bonchev–Trinajstić information content (AvgIpc) is 2.23. The van der Waals surface area contributed by atoms with E-state index in [9.17, 15) is 26.3 Å². The van der Waals surface area contributed by atoms with Crippen molar-refractivity contribution in [2.24, 2.45) is 0 Å². The van der Waals surface area contributed by atoms with Gasteiger partial charge in [0.1, 0.15) is 0 Å². The van der Waals surface area contributed by atoms with Gasteiger partial charge in [-0.2, -0.15) is 26.3 Å². The maximum Gasteiger partial charge on any atom is 0.409 e. The van der Waals surface area contributed by atoms with Gasteiger partial charge in [-0.25, -0.2) is 0 Å². The van der Waals surface area contributed by atoms with E-state index in [4.69, 9.17) is 0 Å². The Labute approximate surface area is 114 Å². The molecule has 0 unspecified atom stereocenters. The predicted octanol–water partition coefficient (Wildman–Crippen LogP) is 5.96. The summed E-state index contributed by atoms with van der Waals surface area (Å²) in [5.41, 5.74) is 0. The molecule has 116 valence electrons. The third-order valence-corrected chi connectivity index (χ3v) is 4.02. The van der Waals surface area contributed by atoms with Crippen LogP contribution in [0.1, 0.15) is 51.9 Å². The highest BCUT2D eigenvalue weighted by Gasteiger charge is 2.56. The second kappa shape index (κ2) is 8.97. The van der Waals surface area contributed by atoms with Gasteiger partial charge in [0.25, 0.3) is 0 Å². The van der Waals surface area contributed by atoms with E-state index < -0.39 is 17.6 Å². The highest BCUT2D eigenvalue weighted by molar-refractivity contribution is 8.00. The molecule has 0 rings (SSSR count). The van der Waals surface area contributed by atoms with Crippen molar-refractivity contribution in [3.63, 3.8) is 0 Å². The summed E-state index contributed by atoms with van der Waals surface area (Å²) in [5.74, 6) is -0.0997. The second-order valence-electron chi connectivity index (χ2n) is 4.46. The van der Waals surface area contributed by atoms with E-state index in [2.05, 4.69) is 6.92 Å². The molecule has 0 spiro atoms. The fraction of sp³-hybridized carbons (Fsp3) is 1.00. The third-order valence-electron chi connectivity index (χ3n) is 2.63. The minimum atomic E-state index is -5.22. The van der Waals surface area contributed by atoms with Gasteiger partial charge in [-0.1, -0.05) is 45.4 Å². The first-order chi connectivity index (χ1) is 8.69. The van der Waals surface area contributed by atoms with E-state index in [1.807, 2.05) is 0 Å². The van der Waals surface area contributed by atoms with Crippen LogP contribution in [0, 0.1) is 0 Å². The molecule has 0 saturated carbocycles. The molecule has 0 fully saturated rings. The van der Waals surface area contributed by atoms with Crippen molar-refractivity contribution in [2.45, 2.75) is 69.5 Å². The molecule has 0 N–H and O–H groups in total. The molecule has 7 heteroatoms. The summed E-state index contributed by atoms with van der Waals surface area (Å²) >= 11 is -0.0463. The normalized spacial score (nSPS) is 13.3. The molecule has 0 aromatic heterocycles. The van der Waals surface area contributed by atoms with Gasteiger partial charge in [-0.05, 0) is 12.2 Å². The van der Waals surface area contributed by atoms with Crippen LogP contribution in [0.4, 0.5) is 26.3 Å². The Morgan fingerprint density at radius 3 is 1.58 bits per heavy atom. The third kappa shape index (κ3) is 9.46. The monoisotopic (exact) mass is 310 g/mol. The summed E-state index contributed by atoms with van der Waals surface area (Å²) in [6.45, 7) is 2.07. The molecule has 0 amide bonds. The average molecular weight is 310 g/mol. The summed E-state index contributed by atoms with van der Waals surface area (Å²) in [6.07, 6.45) is -4.15. The highest BCUT2D eigenvalue weighted by Crippen LogP contribution is 2.41. The molecule has 0 aliphatic rings. The van der Waals surface area contributed by atoms with Crippen molar-refractivity contribution in [1.29, 1.82) is 0 Å². The molecular weight excluding hydrogens is 290 g/mol. The first kappa shape index (κ1) is 18.9. The Bertz CT molecular complexity index is 209. The summed E-state index contributed by atoms with van der Waals surface area (Å²) in [7, 11) is 0. The zero-order chi connectivity index (χ0) is 14.9. The van der Waals surface area contributed by atoms with Crippen LogP contribution >= 0.6 is 11.8 Å². The van der Waals surface area contributed by atoms with Gasteiger partial charge in [-0.3, -0.25) is 0 Å². The predicted molar refractivity (Wildman–Crippen MR) is 66.3 cm³/mol. The lowest BCUT2D eigenvalue weighted by Gasteiger charge is -2.22. The van der Waals surface area contributed by atoms with Crippen molar-refractivity contribution in [3.8, 4) is 0 Å². The van der Waals surface area contributed by atoms with Crippen molar-refractivity contribution >= 4 is 11.8 Å². The quantitative estimate of drug-likeness (QED) is 0.374. The zero-order valence-electron chi connectivity index (χ0n) is 10.9. The van der Waals surface area contributed by atoms with Gasteiger partial charge < -0.3 is 0 Å². The number of unbranched alkanes of at least 4 members (excludes halogenated alkanes) is 6. The Morgan fingerprint density at radius 1 is 0.737 bits per heavy atom. The van der Waals surface area contributed by atoms with Gasteiger partial charge in [0.2, 0.25) is 0 Å². The van der Waals surface area contributed by atoms with Crippen molar-refractivity contribution in [2.75, 3.05) is 5.75 Å². The maximum absolute atomic E-state index is 12.2. The van der Waals surface area contributed by atoms with Crippen LogP contribution in [0.15, 0.2) is 0 Å². The number of thioether (sulfide) groups is 1. The highest BCUT2D eigenvalue weighted by atomic mass is 32.2. The van der Waals surface area contributed by atoms with Crippen LogP contribution in [0.2, 0.25) is 0 Å². The first-order valence-corrected chi connectivity index (χ1v) is 7.49. The van der Waals surface area contributed by atoms with Crippen LogP contribution in [0.5, 0.6) is 0 Å². The molecule has 0 saturated heterocycles. The van der Waals surface area contributed by atoms with Gasteiger partial charge in [0, 0.05) is 0 Å². The molecule has 0 atom stereocenters. The zero-order valence-corrected chi connectivity index (χ0v) is 11.7. The summed E-state index contributed by atoms with van der Waals surface area (Å²) in [6, 6.07) is 0. The lowest BCUT2D eigenvalue weighted by Crippen LogP contribution is -2.39. The van der Waals surface area contributed by atoms with Crippen LogP contribution in [0.25, 0.3) is 0 Å². The molecule has 0 aliphatic heterocycles. The van der Waals surface area contributed by atoms with E-state index in [1.165, 1.54) is 0 Å². The van der Waals surface area contributed by atoms with Gasteiger partial charge >= 0.3 is 12.4 Å². The Kier molecular flexibility index (Phi) is 8.94. The Morgan fingerprint density at radius 2 is 1.16 bits per heavy atom. The number of halogens is 6. The topological polar surface area (TPSA) is 0 Å². The Hall–Kier alpha value is -0.0700. The van der Waals surface area contributed by atoms with E-state index in [0.29, 0.717) is 12.8 Å². The second-order valence-corrected chi connectivity index (χ2v) is 5.67.